The highest BCUT2D eigenvalue weighted by Gasteiger charge is 2.11. The highest BCUT2D eigenvalue weighted by molar-refractivity contribution is 5.48. The first kappa shape index (κ1) is 12.6. The molecule has 0 spiro atoms. The minimum atomic E-state index is -0.0909. The predicted molar refractivity (Wildman–Crippen MR) is 89.9 cm³/mol. The van der Waals surface area contributed by atoms with Gasteiger partial charge in [0.1, 0.15) is 17.2 Å². The molecule has 3 nitrogen and oxygen atoms in total. The average molecular weight is 310 g/mol. The number of para-hydroxylation sites is 3. The summed E-state index contributed by atoms with van der Waals surface area (Å²) in [5.41, 5.74) is 2.38. The fourth-order valence-corrected chi connectivity index (χ4v) is 2.55. The Hall–Kier alpha value is -2.94. The van der Waals surface area contributed by atoms with Crippen molar-refractivity contribution in [2.75, 3.05) is 0 Å². The van der Waals surface area contributed by atoms with Crippen LogP contribution in [-0.2, 0) is 12.8 Å². The first-order valence-electron chi connectivity index (χ1n) is 8.32. The van der Waals surface area contributed by atoms with Gasteiger partial charge < -0.3 is 15.3 Å². The van der Waals surface area contributed by atoms with E-state index in [1.165, 1.54) is 12.1 Å². The third kappa shape index (κ3) is 3.29. The van der Waals surface area contributed by atoms with Crippen molar-refractivity contribution in [2.24, 2.45) is 0 Å². The van der Waals surface area contributed by atoms with E-state index >= 15 is 0 Å². The van der Waals surface area contributed by atoms with Gasteiger partial charge in [0, 0.05) is 12.8 Å². The SMILES string of the molecule is [3H]c1cccc(Cc2cccc(Cc3cccc([3H])c3O)c2O)c1O. The van der Waals surface area contributed by atoms with Crippen molar-refractivity contribution in [1.29, 1.82) is 0 Å². The van der Waals surface area contributed by atoms with E-state index in [9.17, 15) is 15.3 Å². The maximum atomic E-state index is 10.6. The van der Waals surface area contributed by atoms with Gasteiger partial charge in [-0.25, -0.2) is 0 Å². The summed E-state index contributed by atoms with van der Waals surface area (Å²) in [5.74, 6) is -0.0919. The van der Waals surface area contributed by atoms with E-state index in [2.05, 4.69) is 0 Å². The second-order valence-corrected chi connectivity index (χ2v) is 5.37. The normalized spacial score (nSPS) is 11.8. The highest BCUT2D eigenvalue weighted by atomic mass is 16.3. The van der Waals surface area contributed by atoms with E-state index in [1.807, 2.05) is 0 Å². The fourth-order valence-electron chi connectivity index (χ4n) is 2.55. The summed E-state index contributed by atoms with van der Waals surface area (Å²) in [4.78, 5) is 0. The van der Waals surface area contributed by atoms with Crippen LogP contribution in [-0.4, -0.2) is 15.3 Å². The molecule has 0 fully saturated rings. The molecule has 3 N–H and O–H groups in total. The lowest BCUT2D eigenvalue weighted by Crippen LogP contribution is -1.95. The second kappa shape index (κ2) is 6.44. The lowest BCUT2D eigenvalue weighted by atomic mass is 9.97. The standard InChI is InChI=1S/C20H18O3/c21-18-10-3-1-6-14(18)12-16-8-5-9-17(20(16)23)13-15-7-2-4-11-19(15)22/h1-11,21-23H,12-13H2/i10T,11T. The van der Waals surface area contributed by atoms with Gasteiger partial charge in [0.15, 0.2) is 0 Å². The van der Waals surface area contributed by atoms with E-state index in [-0.39, 0.29) is 29.3 Å². The van der Waals surface area contributed by atoms with E-state index in [1.54, 1.807) is 42.5 Å². The Morgan fingerprint density at radius 3 is 1.52 bits per heavy atom. The molecule has 0 bridgehead atoms. The summed E-state index contributed by atoms with van der Waals surface area (Å²) in [7, 11) is 0. The molecule has 23 heavy (non-hydrogen) atoms. The molecule has 0 radical (unpaired) electrons. The zero-order valence-corrected chi connectivity index (χ0v) is 12.5. The summed E-state index contributed by atoms with van der Waals surface area (Å²) < 4.78 is 15.3. The summed E-state index contributed by atoms with van der Waals surface area (Å²) in [5, 5.41) is 30.6. The van der Waals surface area contributed by atoms with Gasteiger partial charge in [-0.3, -0.25) is 0 Å². The number of aromatic hydroxyl groups is 3. The van der Waals surface area contributed by atoms with Crippen LogP contribution < -0.4 is 0 Å². The Morgan fingerprint density at radius 2 is 1.04 bits per heavy atom. The number of phenols is 3. The number of rotatable bonds is 4. The van der Waals surface area contributed by atoms with Crippen LogP contribution in [0, 0.1) is 0 Å². The lowest BCUT2D eigenvalue weighted by Gasteiger charge is -2.11. The summed E-state index contributed by atoms with van der Waals surface area (Å²) in [6.07, 6.45) is 0.589. The lowest BCUT2D eigenvalue weighted by molar-refractivity contribution is 0.457. The molecule has 3 aromatic carbocycles. The highest BCUT2D eigenvalue weighted by Crippen LogP contribution is 2.30. The topological polar surface area (TPSA) is 60.7 Å². The summed E-state index contributed by atoms with van der Waals surface area (Å²) in [6.45, 7) is 0. The Kier molecular flexibility index (Phi) is 3.53. The quantitative estimate of drug-likeness (QED) is 0.683. The van der Waals surface area contributed by atoms with Crippen LogP contribution in [0.5, 0.6) is 17.2 Å². The molecule has 0 atom stereocenters. The van der Waals surface area contributed by atoms with Crippen LogP contribution >= 0.6 is 0 Å². The van der Waals surface area contributed by atoms with E-state index in [0.717, 1.165) is 0 Å². The molecule has 0 saturated heterocycles. The average Bonchev–Trinajstić information content (AvgIpc) is 2.59. The van der Waals surface area contributed by atoms with Crippen molar-refractivity contribution in [3.63, 3.8) is 0 Å². The van der Waals surface area contributed by atoms with E-state index in [4.69, 9.17) is 2.74 Å². The Labute approximate surface area is 137 Å². The molecule has 3 heteroatoms. The molecule has 3 rings (SSSR count). The Bertz CT molecular complexity index is 851. The number of phenolic OH excluding ortho intramolecular Hbond substituents is 3. The summed E-state index contributed by atoms with van der Waals surface area (Å²) in [6, 6.07) is 15.2. The molecule has 116 valence electrons. The van der Waals surface area contributed by atoms with Gasteiger partial charge in [-0.2, -0.15) is 0 Å². The third-order valence-corrected chi connectivity index (χ3v) is 3.80. The van der Waals surface area contributed by atoms with Gasteiger partial charge >= 0.3 is 0 Å². The molecular formula is C20H18O3. The smallest absolute Gasteiger partial charge is 0.122 e. The van der Waals surface area contributed by atoms with Crippen molar-refractivity contribution in [1.82, 2.24) is 0 Å². The molecule has 3 aromatic rings. The predicted octanol–water partition coefficient (Wildman–Crippen LogP) is 3.99. The van der Waals surface area contributed by atoms with Gasteiger partial charge in [-0.1, -0.05) is 54.6 Å². The Morgan fingerprint density at radius 1 is 0.609 bits per heavy atom. The molecule has 0 heterocycles. The van der Waals surface area contributed by atoms with Crippen LogP contribution in [0.25, 0.3) is 0 Å². The third-order valence-electron chi connectivity index (χ3n) is 3.80. The number of hydrogen-bond donors (Lipinski definition) is 3. The van der Waals surface area contributed by atoms with Crippen molar-refractivity contribution in [2.45, 2.75) is 12.8 Å². The van der Waals surface area contributed by atoms with Crippen molar-refractivity contribution < 1.29 is 18.1 Å². The molecular weight excluding hydrogens is 288 g/mol. The zero-order valence-electron chi connectivity index (χ0n) is 14.5. The molecule has 0 aromatic heterocycles. The zero-order chi connectivity index (χ0) is 18.0. The first-order valence-corrected chi connectivity index (χ1v) is 7.32. The van der Waals surface area contributed by atoms with Crippen molar-refractivity contribution in [3.05, 3.63) is 88.9 Å². The summed E-state index contributed by atoms with van der Waals surface area (Å²) >= 11 is 0. The Balaban J connectivity index is 1.92. The number of benzene rings is 3. The maximum absolute atomic E-state index is 10.6. The fraction of sp³-hybridized carbons (Fsp3) is 0.100. The largest absolute Gasteiger partial charge is 0.508 e. The van der Waals surface area contributed by atoms with Crippen LogP contribution in [0.3, 0.4) is 0 Å². The van der Waals surface area contributed by atoms with Crippen LogP contribution in [0.4, 0.5) is 0 Å². The van der Waals surface area contributed by atoms with Crippen LogP contribution in [0.1, 0.15) is 25.0 Å². The first-order chi connectivity index (χ1) is 12.0. The van der Waals surface area contributed by atoms with Crippen LogP contribution in [0.2, 0.25) is 0 Å². The minimum absolute atomic E-state index is 0.0466. The molecule has 0 saturated carbocycles. The molecule has 0 unspecified atom stereocenters. The monoisotopic (exact) mass is 310 g/mol. The molecule has 0 aliphatic carbocycles. The minimum Gasteiger partial charge on any atom is -0.508 e. The van der Waals surface area contributed by atoms with Gasteiger partial charge in [0.25, 0.3) is 0 Å². The van der Waals surface area contributed by atoms with Gasteiger partial charge in [-0.15, -0.1) is 0 Å². The molecule has 0 amide bonds. The second-order valence-electron chi connectivity index (χ2n) is 5.37. The molecule has 0 aliphatic heterocycles. The van der Waals surface area contributed by atoms with Gasteiger partial charge in [0.2, 0.25) is 0 Å². The van der Waals surface area contributed by atoms with Gasteiger partial charge in [-0.05, 0) is 34.3 Å². The number of hydrogen-bond acceptors (Lipinski definition) is 3. The van der Waals surface area contributed by atoms with Crippen molar-refractivity contribution in [3.8, 4) is 17.2 Å². The van der Waals surface area contributed by atoms with Crippen molar-refractivity contribution >= 4 is 0 Å². The van der Waals surface area contributed by atoms with E-state index in [0.29, 0.717) is 35.1 Å². The van der Waals surface area contributed by atoms with Crippen LogP contribution in [0.15, 0.2) is 66.7 Å². The van der Waals surface area contributed by atoms with E-state index < -0.39 is 0 Å². The van der Waals surface area contributed by atoms with Gasteiger partial charge in [0.05, 0.1) is 2.74 Å². The maximum Gasteiger partial charge on any atom is 0.122 e. The molecule has 0 aliphatic rings.